The molecular weight excluding hydrogens is 438 g/mol. The van der Waals surface area contributed by atoms with Gasteiger partial charge in [0.05, 0.1) is 99.6 Å². The summed E-state index contributed by atoms with van der Waals surface area (Å²) in [7, 11) is 3.03. The Bertz CT molecular complexity index is 449. The highest BCUT2D eigenvalue weighted by molar-refractivity contribution is 5.79. The first kappa shape index (κ1) is 30.1. The number of carbonyl (C=O) groups excluding carboxylic acids is 1. The van der Waals surface area contributed by atoms with Crippen LogP contribution in [-0.2, 0) is 47.4 Å². The summed E-state index contributed by atoms with van der Waals surface area (Å²) in [5.74, 6) is -0.314. The number of methoxy groups -OCH3 is 2. The molecule has 1 saturated heterocycles. The van der Waals surface area contributed by atoms with Gasteiger partial charge >= 0.3 is 5.97 Å². The summed E-state index contributed by atoms with van der Waals surface area (Å²) in [6, 6.07) is 0. The van der Waals surface area contributed by atoms with Crippen molar-refractivity contribution in [1.82, 2.24) is 5.32 Å². The zero-order valence-corrected chi connectivity index (χ0v) is 20.3. The molecule has 1 heterocycles. The smallest absolute Gasteiger partial charge is 0.338 e. The molecule has 0 aliphatic carbocycles. The fourth-order valence-electron chi connectivity index (χ4n) is 3.06. The number of hydrogen-bond donors (Lipinski definition) is 1. The highest BCUT2D eigenvalue weighted by Crippen LogP contribution is 2.24. The molecule has 0 aromatic heterocycles. The van der Waals surface area contributed by atoms with E-state index in [0.717, 1.165) is 13.1 Å². The maximum Gasteiger partial charge on any atom is 0.338 e. The van der Waals surface area contributed by atoms with Crippen LogP contribution >= 0.6 is 0 Å². The standard InChI is InChI=1S/C22H43NO10/c1-25-7-8-27-9-10-28-11-12-29-13-14-30-15-16-31-17-18-32-19-20-33-22(21(24)26-2)3-5-23-6-4-22/h23H,3-20H2,1-2H3. The topological polar surface area (TPSA) is 112 Å². The molecule has 1 N–H and O–H groups in total. The van der Waals surface area contributed by atoms with E-state index < -0.39 is 5.60 Å². The molecule has 0 radical (unpaired) electrons. The van der Waals surface area contributed by atoms with Crippen LogP contribution < -0.4 is 5.32 Å². The number of rotatable bonds is 23. The second-order valence-electron chi connectivity index (χ2n) is 7.25. The Labute approximate surface area is 197 Å². The lowest BCUT2D eigenvalue weighted by molar-refractivity contribution is -0.175. The lowest BCUT2D eigenvalue weighted by Gasteiger charge is -2.34. The van der Waals surface area contributed by atoms with Crippen LogP contribution in [0.25, 0.3) is 0 Å². The van der Waals surface area contributed by atoms with Crippen molar-refractivity contribution < 1.29 is 47.4 Å². The summed E-state index contributed by atoms with van der Waals surface area (Å²) in [5, 5.41) is 3.22. The highest BCUT2D eigenvalue weighted by Gasteiger charge is 2.41. The molecule has 0 unspecified atom stereocenters. The molecule has 11 nitrogen and oxygen atoms in total. The van der Waals surface area contributed by atoms with E-state index in [1.165, 1.54) is 7.11 Å². The summed E-state index contributed by atoms with van der Waals surface area (Å²) in [5.41, 5.74) is -0.854. The molecule has 33 heavy (non-hydrogen) atoms. The fraction of sp³-hybridized carbons (Fsp3) is 0.955. The van der Waals surface area contributed by atoms with E-state index >= 15 is 0 Å². The Kier molecular flexibility index (Phi) is 19.8. The van der Waals surface area contributed by atoms with Crippen LogP contribution in [0.5, 0.6) is 0 Å². The molecular formula is C22H43NO10. The van der Waals surface area contributed by atoms with Gasteiger partial charge in [-0.25, -0.2) is 4.79 Å². The van der Waals surface area contributed by atoms with E-state index in [0.29, 0.717) is 105 Å². The van der Waals surface area contributed by atoms with Crippen molar-refractivity contribution >= 4 is 5.97 Å². The minimum Gasteiger partial charge on any atom is -0.467 e. The minimum absolute atomic E-state index is 0.314. The van der Waals surface area contributed by atoms with Gasteiger partial charge in [-0.1, -0.05) is 0 Å². The third kappa shape index (κ3) is 15.6. The van der Waals surface area contributed by atoms with Crippen LogP contribution in [0.15, 0.2) is 0 Å². The van der Waals surface area contributed by atoms with Crippen LogP contribution in [0.3, 0.4) is 0 Å². The lowest BCUT2D eigenvalue weighted by Crippen LogP contribution is -2.51. The Morgan fingerprint density at radius 1 is 0.606 bits per heavy atom. The van der Waals surface area contributed by atoms with Gasteiger partial charge in [0.25, 0.3) is 0 Å². The average Bonchev–Trinajstić information content (AvgIpc) is 2.85. The van der Waals surface area contributed by atoms with Gasteiger partial charge in [0.15, 0.2) is 5.60 Å². The quantitative estimate of drug-likeness (QED) is 0.158. The Morgan fingerprint density at radius 2 is 0.970 bits per heavy atom. The second kappa shape index (κ2) is 21.6. The molecule has 1 aliphatic rings. The fourth-order valence-corrected chi connectivity index (χ4v) is 3.06. The monoisotopic (exact) mass is 481 g/mol. The van der Waals surface area contributed by atoms with Crippen LogP contribution in [0.1, 0.15) is 12.8 Å². The molecule has 0 aromatic rings. The minimum atomic E-state index is -0.854. The van der Waals surface area contributed by atoms with Crippen molar-refractivity contribution in [3.63, 3.8) is 0 Å². The molecule has 1 fully saturated rings. The number of hydrogen-bond acceptors (Lipinski definition) is 11. The Morgan fingerprint density at radius 3 is 1.33 bits per heavy atom. The molecule has 1 aliphatic heterocycles. The summed E-state index contributed by atoms with van der Waals surface area (Å²) < 4.78 is 48.1. The molecule has 11 heteroatoms. The van der Waals surface area contributed by atoms with E-state index in [-0.39, 0.29) is 5.97 Å². The maximum absolute atomic E-state index is 12.1. The maximum atomic E-state index is 12.1. The zero-order valence-electron chi connectivity index (χ0n) is 20.3. The van der Waals surface area contributed by atoms with Gasteiger partial charge in [0.2, 0.25) is 0 Å². The first-order valence-corrected chi connectivity index (χ1v) is 11.6. The van der Waals surface area contributed by atoms with E-state index in [1.807, 2.05) is 0 Å². The van der Waals surface area contributed by atoms with E-state index in [4.69, 9.17) is 42.6 Å². The molecule has 0 saturated carbocycles. The van der Waals surface area contributed by atoms with Gasteiger partial charge < -0.3 is 47.9 Å². The number of esters is 1. The summed E-state index contributed by atoms with van der Waals surface area (Å²) >= 11 is 0. The van der Waals surface area contributed by atoms with Crippen LogP contribution in [-0.4, -0.2) is 131 Å². The third-order valence-corrected chi connectivity index (χ3v) is 4.87. The number of nitrogens with one attached hydrogen (secondary N) is 1. The first-order valence-electron chi connectivity index (χ1n) is 11.6. The molecule has 0 aromatic carbocycles. The van der Waals surface area contributed by atoms with Crippen molar-refractivity contribution in [2.45, 2.75) is 18.4 Å². The second-order valence-corrected chi connectivity index (χ2v) is 7.25. The lowest BCUT2D eigenvalue weighted by atomic mass is 9.92. The van der Waals surface area contributed by atoms with Crippen molar-refractivity contribution in [3.05, 3.63) is 0 Å². The summed E-state index contributed by atoms with van der Waals surface area (Å²) in [4.78, 5) is 12.1. The SMILES string of the molecule is COCCOCCOCCOCCOCCOCCOCCOC1(C(=O)OC)CCNCC1. The van der Waals surface area contributed by atoms with Crippen molar-refractivity contribution in [2.24, 2.45) is 0 Å². The molecule has 0 amide bonds. The summed E-state index contributed by atoms with van der Waals surface area (Å²) in [6.45, 7) is 8.47. The Hall–Kier alpha value is -0.890. The third-order valence-electron chi connectivity index (χ3n) is 4.87. The zero-order chi connectivity index (χ0) is 23.9. The largest absolute Gasteiger partial charge is 0.467 e. The van der Waals surface area contributed by atoms with E-state index in [1.54, 1.807) is 7.11 Å². The van der Waals surface area contributed by atoms with Crippen molar-refractivity contribution in [1.29, 1.82) is 0 Å². The molecule has 196 valence electrons. The predicted octanol–water partition coefficient (Wildman–Crippen LogP) is 0.0442. The predicted molar refractivity (Wildman–Crippen MR) is 120 cm³/mol. The first-order chi connectivity index (χ1) is 16.2. The van der Waals surface area contributed by atoms with Gasteiger partial charge in [-0.05, 0) is 25.9 Å². The normalized spacial score (nSPS) is 15.6. The van der Waals surface area contributed by atoms with Crippen LogP contribution in [0.2, 0.25) is 0 Å². The molecule has 0 bridgehead atoms. The molecule has 0 spiro atoms. The Balaban J connectivity index is 1.79. The van der Waals surface area contributed by atoms with Crippen LogP contribution in [0, 0.1) is 0 Å². The van der Waals surface area contributed by atoms with Crippen LogP contribution in [0.4, 0.5) is 0 Å². The number of ether oxygens (including phenoxy) is 9. The van der Waals surface area contributed by atoms with Gasteiger partial charge in [-0.3, -0.25) is 0 Å². The van der Waals surface area contributed by atoms with Gasteiger partial charge in [-0.2, -0.15) is 0 Å². The van der Waals surface area contributed by atoms with E-state index in [9.17, 15) is 4.79 Å². The van der Waals surface area contributed by atoms with Crippen molar-refractivity contribution in [3.8, 4) is 0 Å². The van der Waals surface area contributed by atoms with E-state index in [2.05, 4.69) is 5.32 Å². The number of piperidine rings is 1. The summed E-state index contributed by atoms with van der Waals surface area (Å²) in [6.07, 6.45) is 1.21. The van der Waals surface area contributed by atoms with Gasteiger partial charge in [-0.15, -0.1) is 0 Å². The van der Waals surface area contributed by atoms with Gasteiger partial charge in [0, 0.05) is 7.11 Å². The number of carbonyl (C=O) groups is 1. The highest BCUT2D eigenvalue weighted by atomic mass is 16.6. The molecule has 0 atom stereocenters. The van der Waals surface area contributed by atoms with Gasteiger partial charge in [0.1, 0.15) is 0 Å². The molecule has 1 rings (SSSR count). The average molecular weight is 482 g/mol. The van der Waals surface area contributed by atoms with Crippen molar-refractivity contribution in [2.75, 3.05) is 120 Å².